The van der Waals surface area contributed by atoms with E-state index >= 15 is 0 Å². The van der Waals surface area contributed by atoms with Crippen molar-refractivity contribution in [2.75, 3.05) is 17.4 Å². The minimum absolute atomic E-state index is 0.0468. The molecule has 1 aliphatic rings. The maximum absolute atomic E-state index is 13.8. The summed E-state index contributed by atoms with van der Waals surface area (Å²) in [7, 11) is -7.80. The molecule has 1 fully saturated rings. The minimum atomic E-state index is -4.10. The van der Waals surface area contributed by atoms with Crippen LogP contribution in [0.4, 0.5) is 5.82 Å². The van der Waals surface area contributed by atoms with Gasteiger partial charge in [-0.05, 0) is 61.2 Å². The van der Waals surface area contributed by atoms with Crippen molar-refractivity contribution in [2.24, 2.45) is 0 Å². The number of benzene rings is 2. The summed E-state index contributed by atoms with van der Waals surface area (Å²) in [6.45, 7) is 2.33. The normalized spacial score (nSPS) is 15.7. The van der Waals surface area contributed by atoms with Crippen LogP contribution in [-0.4, -0.2) is 45.3 Å². The first-order chi connectivity index (χ1) is 16.6. The molecule has 0 saturated carbocycles. The topological polar surface area (TPSA) is 87.7 Å². The minimum Gasteiger partial charge on any atom is -0.246 e. The smallest absolute Gasteiger partial charge is 0.246 e. The number of hydrogen-bond donors (Lipinski definition) is 0. The fraction of sp³-hybridized carbons (Fsp3) is 0.292. The van der Waals surface area contributed by atoms with E-state index in [1.807, 2.05) is 19.1 Å². The zero-order chi connectivity index (χ0) is 25.2. The molecule has 0 unspecified atom stereocenters. The lowest BCUT2D eigenvalue weighted by Crippen LogP contribution is -2.49. The molecule has 1 aromatic heterocycles. The predicted octanol–water partition coefficient (Wildman–Crippen LogP) is 5.00. The van der Waals surface area contributed by atoms with E-state index in [0.717, 1.165) is 12.0 Å². The summed E-state index contributed by atoms with van der Waals surface area (Å²) < 4.78 is 56.5. The van der Waals surface area contributed by atoms with Gasteiger partial charge in [0.25, 0.3) is 10.0 Å². The number of nitrogens with zero attached hydrogens (tertiary/aromatic N) is 3. The molecule has 2 aromatic carbocycles. The molecule has 0 aliphatic carbocycles. The molecule has 3 aromatic rings. The zero-order valence-corrected chi connectivity index (χ0v) is 22.2. The third kappa shape index (κ3) is 5.34. The number of rotatable bonds is 7. The molecule has 2 heterocycles. The third-order valence-corrected chi connectivity index (χ3v) is 10.5. The van der Waals surface area contributed by atoms with E-state index in [1.54, 1.807) is 42.5 Å². The second-order valence-corrected chi connectivity index (χ2v) is 12.7. The van der Waals surface area contributed by atoms with Crippen molar-refractivity contribution in [3.05, 3.63) is 82.5 Å². The van der Waals surface area contributed by atoms with Crippen molar-refractivity contribution in [1.82, 2.24) is 9.29 Å². The maximum atomic E-state index is 13.8. The Morgan fingerprint density at radius 2 is 1.57 bits per heavy atom. The van der Waals surface area contributed by atoms with Crippen LogP contribution >= 0.6 is 23.2 Å². The van der Waals surface area contributed by atoms with Crippen molar-refractivity contribution in [3.63, 3.8) is 0 Å². The average Bonchev–Trinajstić information content (AvgIpc) is 2.84. The fourth-order valence-corrected chi connectivity index (χ4v) is 7.94. The second-order valence-electron chi connectivity index (χ2n) is 8.18. The van der Waals surface area contributed by atoms with Gasteiger partial charge in [0.15, 0.2) is 0 Å². The number of hydrogen-bond acceptors (Lipinski definition) is 5. The van der Waals surface area contributed by atoms with Gasteiger partial charge in [0.2, 0.25) is 10.0 Å². The van der Waals surface area contributed by atoms with E-state index in [0.29, 0.717) is 0 Å². The largest absolute Gasteiger partial charge is 0.267 e. The molecule has 0 radical (unpaired) electrons. The van der Waals surface area contributed by atoms with Gasteiger partial charge in [-0.15, -0.1) is 0 Å². The van der Waals surface area contributed by atoms with Gasteiger partial charge < -0.3 is 0 Å². The molecule has 0 N–H and O–H groups in total. The Labute approximate surface area is 216 Å². The lowest BCUT2D eigenvalue weighted by molar-refractivity contribution is 0.320. The molecule has 0 spiro atoms. The van der Waals surface area contributed by atoms with Crippen LogP contribution in [0.2, 0.25) is 10.2 Å². The fourth-order valence-electron chi connectivity index (χ4n) is 4.15. The Morgan fingerprint density at radius 1 is 0.914 bits per heavy atom. The van der Waals surface area contributed by atoms with Crippen LogP contribution in [0.15, 0.2) is 76.5 Å². The van der Waals surface area contributed by atoms with Gasteiger partial charge in [-0.2, -0.15) is 4.31 Å². The summed E-state index contributed by atoms with van der Waals surface area (Å²) in [4.78, 5) is 4.42. The van der Waals surface area contributed by atoms with Crippen LogP contribution in [0, 0.1) is 0 Å². The number of pyridine rings is 1. The molecule has 1 saturated heterocycles. The van der Waals surface area contributed by atoms with Gasteiger partial charge in [-0.25, -0.2) is 26.1 Å². The monoisotopic (exact) mass is 553 g/mol. The highest BCUT2D eigenvalue weighted by atomic mass is 35.5. The van der Waals surface area contributed by atoms with Gasteiger partial charge in [0, 0.05) is 19.1 Å². The van der Waals surface area contributed by atoms with Gasteiger partial charge in [0.05, 0.1) is 9.92 Å². The van der Waals surface area contributed by atoms with E-state index in [9.17, 15) is 16.8 Å². The Hall–Kier alpha value is -2.17. The average molecular weight is 555 g/mol. The van der Waals surface area contributed by atoms with E-state index in [4.69, 9.17) is 23.2 Å². The molecule has 0 bridgehead atoms. The quantitative estimate of drug-likeness (QED) is 0.384. The van der Waals surface area contributed by atoms with Crippen LogP contribution in [0.5, 0.6) is 0 Å². The molecule has 35 heavy (non-hydrogen) atoms. The molecule has 186 valence electrons. The maximum Gasteiger partial charge on any atom is 0.267 e. The summed E-state index contributed by atoms with van der Waals surface area (Å²) in [5.41, 5.74) is 1.05. The SMILES string of the molecule is CCc1ccc(S(=O)(=O)N2CCC(N(c3cccc(Cl)n3)S(=O)(=O)c3ccccc3Cl)CC2)cc1. The molecule has 7 nitrogen and oxygen atoms in total. The van der Waals surface area contributed by atoms with E-state index in [2.05, 4.69) is 4.98 Å². The van der Waals surface area contributed by atoms with Crippen molar-refractivity contribution in [3.8, 4) is 0 Å². The number of aromatic nitrogens is 1. The number of halogens is 2. The number of sulfonamides is 2. The zero-order valence-electron chi connectivity index (χ0n) is 19.0. The lowest BCUT2D eigenvalue weighted by atomic mass is 10.1. The van der Waals surface area contributed by atoms with Gasteiger partial charge in [-0.1, -0.05) is 60.5 Å². The van der Waals surface area contributed by atoms with Gasteiger partial charge in [0.1, 0.15) is 15.9 Å². The van der Waals surface area contributed by atoms with Gasteiger partial charge in [-0.3, -0.25) is 0 Å². The van der Waals surface area contributed by atoms with Crippen LogP contribution in [-0.2, 0) is 26.5 Å². The molecule has 0 atom stereocenters. The molecule has 11 heteroatoms. The van der Waals surface area contributed by atoms with Crippen LogP contribution in [0.3, 0.4) is 0 Å². The molecular formula is C24H25Cl2N3O4S2. The second kappa shape index (κ2) is 10.4. The first kappa shape index (κ1) is 25.9. The van der Waals surface area contributed by atoms with Gasteiger partial charge >= 0.3 is 0 Å². The summed E-state index contributed by atoms with van der Waals surface area (Å²) in [5.74, 6) is 0.161. The van der Waals surface area contributed by atoms with E-state index in [1.165, 1.54) is 20.7 Å². The number of aryl methyl sites for hydroxylation is 1. The number of piperidine rings is 1. The summed E-state index contributed by atoms with van der Waals surface area (Å²) >= 11 is 12.3. The standard InChI is InChI=1S/C24H25Cl2N3O4S2/c1-2-18-10-12-20(13-11-18)34(30,31)28-16-14-19(15-17-28)29(24-9-5-8-23(26)27-24)35(32,33)22-7-4-3-6-21(22)25/h3-13,19H,2,14-17H2,1H3. The Balaban J connectivity index is 1.64. The van der Waals surface area contributed by atoms with Crippen molar-refractivity contribution in [2.45, 2.75) is 42.0 Å². The van der Waals surface area contributed by atoms with Crippen LogP contribution in [0.25, 0.3) is 0 Å². The molecule has 4 rings (SSSR count). The van der Waals surface area contributed by atoms with E-state index < -0.39 is 26.1 Å². The molecule has 0 amide bonds. The number of anilines is 1. The highest BCUT2D eigenvalue weighted by Crippen LogP contribution is 2.33. The molecule has 1 aliphatic heterocycles. The Bertz CT molecular complexity index is 1410. The third-order valence-electron chi connectivity index (χ3n) is 6.02. The van der Waals surface area contributed by atoms with Crippen molar-refractivity contribution < 1.29 is 16.8 Å². The first-order valence-electron chi connectivity index (χ1n) is 11.1. The first-order valence-corrected chi connectivity index (χ1v) is 14.8. The summed E-state index contributed by atoms with van der Waals surface area (Å²) in [5, 5.41) is 0.243. The van der Waals surface area contributed by atoms with E-state index in [-0.39, 0.29) is 51.7 Å². The lowest BCUT2D eigenvalue weighted by Gasteiger charge is -2.38. The van der Waals surface area contributed by atoms with Crippen molar-refractivity contribution in [1.29, 1.82) is 0 Å². The summed E-state index contributed by atoms with van der Waals surface area (Å²) in [6, 6.07) is 17.3. The highest BCUT2D eigenvalue weighted by Gasteiger charge is 2.38. The Kier molecular flexibility index (Phi) is 7.73. The highest BCUT2D eigenvalue weighted by molar-refractivity contribution is 7.93. The summed E-state index contributed by atoms with van der Waals surface area (Å²) in [6.07, 6.45) is 1.38. The van der Waals surface area contributed by atoms with Crippen LogP contribution in [0.1, 0.15) is 25.3 Å². The predicted molar refractivity (Wildman–Crippen MR) is 138 cm³/mol. The van der Waals surface area contributed by atoms with Crippen molar-refractivity contribution >= 4 is 49.1 Å². The Morgan fingerprint density at radius 3 is 2.17 bits per heavy atom. The van der Waals surface area contributed by atoms with Crippen LogP contribution < -0.4 is 4.31 Å². The molecular weight excluding hydrogens is 529 g/mol.